The molecule has 1 aliphatic heterocycles. The van der Waals surface area contributed by atoms with E-state index in [4.69, 9.17) is 14.7 Å². The van der Waals surface area contributed by atoms with Crippen LogP contribution in [-0.2, 0) is 4.74 Å². The Hall–Kier alpha value is -3.06. The van der Waals surface area contributed by atoms with E-state index in [0.29, 0.717) is 19.0 Å². The maximum atomic E-state index is 5.47. The Kier molecular flexibility index (Phi) is 3.31. The zero-order valence-electron chi connectivity index (χ0n) is 13.5. The predicted octanol–water partition coefficient (Wildman–Crippen LogP) is 2.40. The summed E-state index contributed by atoms with van der Waals surface area (Å²) in [6.45, 7) is 3.02. The average molecular weight is 332 g/mol. The van der Waals surface area contributed by atoms with Crippen LogP contribution >= 0.6 is 0 Å². The number of ether oxygens (including phenoxy) is 1. The normalized spacial score (nSPS) is 15.1. The van der Waals surface area contributed by atoms with Gasteiger partial charge in [0.2, 0.25) is 0 Å². The number of H-pyrrole nitrogens is 1. The van der Waals surface area contributed by atoms with Crippen LogP contribution in [0.5, 0.6) is 0 Å². The Balaban J connectivity index is 1.69. The molecule has 4 heterocycles. The first-order valence-corrected chi connectivity index (χ1v) is 8.27. The van der Waals surface area contributed by atoms with Crippen LogP contribution in [0.25, 0.3) is 33.3 Å². The number of aromatic nitrogens is 5. The third-order valence-corrected chi connectivity index (χ3v) is 4.45. The predicted molar refractivity (Wildman–Crippen MR) is 95.5 cm³/mol. The van der Waals surface area contributed by atoms with Gasteiger partial charge in [-0.2, -0.15) is 5.10 Å². The van der Waals surface area contributed by atoms with Crippen LogP contribution in [0.1, 0.15) is 0 Å². The highest BCUT2D eigenvalue weighted by atomic mass is 16.5. The fourth-order valence-electron chi connectivity index (χ4n) is 3.15. The first-order valence-electron chi connectivity index (χ1n) is 8.27. The van der Waals surface area contributed by atoms with E-state index < -0.39 is 0 Å². The highest BCUT2D eigenvalue weighted by molar-refractivity contribution is 5.89. The fraction of sp³-hybridized carbons (Fsp3) is 0.222. The van der Waals surface area contributed by atoms with E-state index in [2.05, 4.69) is 20.1 Å². The van der Waals surface area contributed by atoms with E-state index in [1.54, 1.807) is 6.20 Å². The zero-order chi connectivity index (χ0) is 16.6. The second-order valence-electron chi connectivity index (χ2n) is 6.01. The summed E-state index contributed by atoms with van der Waals surface area (Å²) in [4.78, 5) is 16.3. The van der Waals surface area contributed by atoms with Gasteiger partial charge in [0.1, 0.15) is 5.52 Å². The summed E-state index contributed by atoms with van der Waals surface area (Å²) in [6, 6.07) is 9.97. The number of hydrogen-bond acceptors (Lipinski definition) is 6. The Morgan fingerprint density at radius 2 is 2.00 bits per heavy atom. The first-order chi connectivity index (χ1) is 12.4. The summed E-state index contributed by atoms with van der Waals surface area (Å²) in [6.07, 6.45) is 3.59. The Bertz CT molecular complexity index is 1050. The maximum absolute atomic E-state index is 5.47. The number of hydrogen-bond donors (Lipinski definition) is 1. The number of nitrogens with one attached hydrogen (secondary N) is 1. The minimum Gasteiger partial charge on any atom is -0.378 e. The largest absolute Gasteiger partial charge is 0.378 e. The van der Waals surface area contributed by atoms with Gasteiger partial charge < -0.3 is 9.64 Å². The second-order valence-corrected chi connectivity index (χ2v) is 6.01. The number of aromatic amines is 1. The highest BCUT2D eigenvalue weighted by Gasteiger charge is 2.18. The molecule has 0 unspecified atom stereocenters. The fourth-order valence-corrected chi connectivity index (χ4v) is 3.15. The lowest BCUT2D eigenvalue weighted by Crippen LogP contribution is -2.37. The van der Waals surface area contributed by atoms with Crippen molar-refractivity contribution in [3.63, 3.8) is 0 Å². The molecular formula is C18H16N6O. The van der Waals surface area contributed by atoms with Gasteiger partial charge in [0.25, 0.3) is 0 Å². The van der Waals surface area contributed by atoms with Crippen molar-refractivity contribution in [2.24, 2.45) is 0 Å². The Labute approximate surface area is 143 Å². The van der Waals surface area contributed by atoms with E-state index in [1.165, 1.54) is 0 Å². The van der Waals surface area contributed by atoms with Crippen molar-refractivity contribution >= 4 is 27.8 Å². The second kappa shape index (κ2) is 5.78. The molecule has 7 nitrogen and oxygen atoms in total. The number of benzene rings is 1. The molecule has 124 valence electrons. The zero-order valence-corrected chi connectivity index (χ0v) is 13.5. The minimum absolute atomic E-state index is 0.693. The molecule has 5 rings (SSSR count). The Morgan fingerprint density at radius 3 is 2.92 bits per heavy atom. The van der Waals surface area contributed by atoms with Crippen molar-refractivity contribution in [2.75, 3.05) is 31.2 Å². The van der Waals surface area contributed by atoms with Crippen LogP contribution in [-0.4, -0.2) is 51.5 Å². The third-order valence-electron chi connectivity index (χ3n) is 4.45. The number of nitrogens with zero attached hydrogens (tertiary/aromatic N) is 5. The smallest absolute Gasteiger partial charge is 0.162 e. The SMILES string of the molecule is c1cnc2c(N3CCOCC3)nc(-c3ccc4cn[nH]c4c3)nc2c1. The van der Waals surface area contributed by atoms with Crippen LogP contribution in [0, 0.1) is 0 Å². The number of pyridine rings is 1. The van der Waals surface area contributed by atoms with Gasteiger partial charge in [-0.05, 0) is 18.2 Å². The van der Waals surface area contributed by atoms with Crippen LogP contribution in [0.2, 0.25) is 0 Å². The van der Waals surface area contributed by atoms with Gasteiger partial charge in [0, 0.05) is 30.2 Å². The van der Waals surface area contributed by atoms with Crippen LogP contribution in [0.15, 0.2) is 42.7 Å². The number of anilines is 1. The van der Waals surface area contributed by atoms with Crippen molar-refractivity contribution in [2.45, 2.75) is 0 Å². The molecule has 1 fully saturated rings. The minimum atomic E-state index is 0.693. The van der Waals surface area contributed by atoms with E-state index in [0.717, 1.165) is 46.4 Å². The van der Waals surface area contributed by atoms with Crippen LogP contribution in [0.4, 0.5) is 5.82 Å². The number of rotatable bonds is 2. The van der Waals surface area contributed by atoms with Gasteiger partial charge in [-0.25, -0.2) is 9.97 Å². The van der Waals surface area contributed by atoms with Crippen molar-refractivity contribution in [3.8, 4) is 11.4 Å². The van der Waals surface area contributed by atoms with Crippen LogP contribution in [0.3, 0.4) is 0 Å². The lowest BCUT2D eigenvalue weighted by Gasteiger charge is -2.28. The molecule has 1 N–H and O–H groups in total. The highest BCUT2D eigenvalue weighted by Crippen LogP contribution is 2.27. The molecule has 4 aromatic rings. The summed E-state index contributed by atoms with van der Waals surface area (Å²) in [5.41, 5.74) is 3.60. The third kappa shape index (κ3) is 2.49. The van der Waals surface area contributed by atoms with Crippen molar-refractivity contribution < 1.29 is 4.74 Å². The summed E-state index contributed by atoms with van der Waals surface area (Å²) in [5.74, 6) is 1.56. The van der Waals surface area contributed by atoms with E-state index in [-0.39, 0.29) is 0 Å². The van der Waals surface area contributed by atoms with Gasteiger partial charge in [-0.15, -0.1) is 0 Å². The topological polar surface area (TPSA) is 79.8 Å². The quantitative estimate of drug-likeness (QED) is 0.607. The molecule has 0 radical (unpaired) electrons. The van der Waals surface area contributed by atoms with Crippen molar-refractivity contribution in [1.29, 1.82) is 0 Å². The monoisotopic (exact) mass is 332 g/mol. The first kappa shape index (κ1) is 14.3. The molecule has 1 saturated heterocycles. The molecular weight excluding hydrogens is 316 g/mol. The summed E-state index contributed by atoms with van der Waals surface area (Å²) in [5, 5.41) is 8.15. The summed E-state index contributed by atoms with van der Waals surface area (Å²) in [7, 11) is 0. The van der Waals surface area contributed by atoms with Crippen molar-refractivity contribution in [1.82, 2.24) is 25.1 Å². The van der Waals surface area contributed by atoms with E-state index >= 15 is 0 Å². The molecule has 1 aliphatic rings. The number of morpholine rings is 1. The molecule has 0 amide bonds. The average Bonchev–Trinajstić information content (AvgIpc) is 3.15. The van der Waals surface area contributed by atoms with E-state index in [9.17, 15) is 0 Å². The molecule has 0 spiro atoms. The van der Waals surface area contributed by atoms with E-state index in [1.807, 2.05) is 36.5 Å². The molecule has 0 atom stereocenters. The Morgan fingerprint density at radius 1 is 1.08 bits per heavy atom. The van der Waals surface area contributed by atoms with Gasteiger partial charge in [0.15, 0.2) is 11.6 Å². The van der Waals surface area contributed by atoms with Crippen molar-refractivity contribution in [3.05, 3.63) is 42.7 Å². The molecule has 7 heteroatoms. The lowest BCUT2D eigenvalue weighted by atomic mass is 10.1. The standard InChI is InChI=1S/C18H16N6O/c1-2-14-16(19-5-1)18(24-6-8-25-9-7-24)22-17(21-14)12-3-4-13-11-20-23-15(13)10-12/h1-5,10-11H,6-9H2,(H,20,23). The number of fused-ring (bicyclic) bond motifs is 2. The summed E-state index contributed by atoms with van der Waals surface area (Å²) < 4.78 is 5.47. The molecule has 0 aliphatic carbocycles. The molecule has 0 bridgehead atoms. The lowest BCUT2D eigenvalue weighted by molar-refractivity contribution is 0.122. The maximum Gasteiger partial charge on any atom is 0.162 e. The van der Waals surface area contributed by atoms with Gasteiger partial charge in [0.05, 0.1) is 30.4 Å². The van der Waals surface area contributed by atoms with Gasteiger partial charge >= 0.3 is 0 Å². The molecule has 3 aromatic heterocycles. The van der Waals surface area contributed by atoms with Crippen LogP contribution < -0.4 is 4.90 Å². The van der Waals surface area contributed by atoms with Gasteiger partial charge in [-0.3, -0.25) is 10.1 Å². The van der Waals surface area contributed by atoms with Gasteiger partial charge in [-0.1, -0.05) is 12.1 Å². The molecule has 1 aromatic carbocycles. The molecule has 25 heavy (non-hydrogen) atoms. The molecule has 0 saturated carbocycles. The summed E-state index contributed by atoms with van der Waals surface area (Å²) >= 11 is 0.